The van der Waals surface area contributed by atoms with Gasteiger partial charge in [0.2, 0.25) is 0 Å². The summed E-state index contributed by atoms with van der Waals surface area (Å²) in [7, 11) is 0. The van der Waals surface area contributed by atoms with E-state index in [4.69, 9.17) is 4.74 Å². The molecule has 7 heteroatoms. The van der Waals surface area contributed by atoms with Crippen LogP contribution in [0.5, 0.6) is 5.75 Å². The first-order valence-corrected chi connectivity index (χ1v) is 12.1. The number of rotatable bonds is 6. The topological polar surface area (TPSA) is 73.9 Å². The molecule has 1 fully saturated rings. The predicted octanol–water partition coefficient (Wildman–Crippen LogP) is 3.66. The molecule has 2 aliphatic rings. The maximum absolute atomic E-state index is 13.0. The third kappa shape index (κ3) is 5.15. The van der Waals surface area contributed by atoms with E-state index in [9.17, 15) is 9.59 Å². The first kappa shape index (κ1) is 22.9. The highest BCUT2D eigenvalue weighted by atomic mass is 16.5. The van der Waals surface area contributed by atoms with Crippen LogP contribution in [0.3, 0.4) is 0 Å². The van der Waals surface area contributed by atoms with E-state index in [1.807, 2.05) is 18.2 Å². The zero-order valence-corrected chi connectivity index (χ0v) is 19.9. The molecule has 3 aromatic carbocycles. The van der Waals surface area contributed by atoms with Crippen LogP contribution in [-0.2, 0) is 17.9 Å². The van der Waals surface area contributed by atoms with Crippen molar-refractivity contribution in [2.75, 3.05) is 36.4 Å². The second kappa shape index (κ2) is 10.2. The average molecular weight is 471 g/mol. The summed E-state index contributed by atoms with van der Waals surface area (Å²) in [6, 6.07) is 24.0. The number of nitrogens with one attached hydrogen (secondary N) is 2. The largest absolute Gasteiger partial charge is 0.478 e. The fraction of sp³-hybridized carbons (Fsp3) is 0.286. The molecule has 3 aromatic rings. The van der Waals surface area contributed by atoms with Gasteiger partial charge in [-0.15, -0.1) is 0 Å². The summed E-state index contributed by atoms with van der Waals surface area (Å²) in [5.41, 5.74) is 4.53. The molecule has 35 heavy (non-hydrogen) atoms. The summed E-state index contributed by atoms with van der Waals surface area (Å²) in [5.74, 6) is -0.0215. The zero-order chi connectivity index (χ0) is 24.2. The van der Waals surface area contributed by atoms with Gasteiger partial charge < -0.3 is 20.3 Å². The fourth-order valence-electron chi connectivity index (χ4n) is 4.60. The van der Waals surface area contributed by atoms with Crippen LogP contribution in [0.25, 0.3) is 0 Å². The van der Waals surface area contributed by atoms with Crippen LogP contribution in [-0.4, -0.2) is 49.0 Å². The van der Waals surface area contributed by atoms with Gasteiger partial charge in [0.1, 0.15) is 0 Å². The molecule has 2 N–H and O–H groups in total. The van der Waals surface area contributed by atoms with Gasteiger partial charge in [-0.05, 0) is 42.3 Å². The lowest BCUT2D eigenvalue weighted by molar-refractivity contribution is -0.122. The number of anilines is 2. The lowest BCUT2D eigenvalue weighted by atomic mass is 10.1. The number of benzene rings is 3. The number of nitrogens with zero attached hydrogens (tertiary/aromatic N) is 2. The Bertz CT molecular complexity index is 1210. The second-order valence-corrected chi connectivity index (χ2v) is 8.98. The van der Waals surface area contributed by atoms with E-state index in [1.165, 1.54) is 11.3 Å². The SMILES string of the molecule is CC1Oc2c(cccc2C(=O)NCc2ccccc2CN2CCN(c3ccccc3)CC2)NC1=O. The van der Waals surface area contributed by atoms with Crippen molar-refractivity contribution in [2.45, 2.75) is 26.1 Å². The van der Waals surface area contributed by atoms with E-state index in [1.54, 1.807) is 25.1 Å². The van der Waals surface area contributed by atoms with Crippen molar-refractivity contribution in [3.8, 4) is 5.75 Å². The molecule has 2 heterocycles. The summed E-state index contributed by atoms with van der Waals surface area (Å²) in [4.78, 5) is 29.8. The van der Waals surface area contributed by atoms with E-state index >= 15 is 0 Å². The fourth-order valence-corrected chi connectivity index (χ4v) is 4.60. The zero-order valence-electron chi connectivity index (χ0n) is 19.9. The van der Waals surface area contributed by atoms with Gasteiger partial charge in [-0.25, -0.2) is 0 Å². The Kier molecular flexibility index (Phi) is 6.68. The van der Waals surface area contributed by atoms with Crippen molar-refractivity contribution in [3.05, 3.63) is 89.5 Å². The predicted molar refractivity (Wildman–Crippen MR) is 137 cm³/mol. The van der Waals surface area contributed by atoms with Gasteiger partial charge >= 0.3 is 0 Å². The van der Waals surface area contributed by atoms with Crippen molar-refractivity contribution in [3.63, 3.8) is 0 Å². The summed E-state index contributed by atoms with van der Waals surface area (Å²) in [6.07, 6.45) is -0.639. The molecule has 5 rings (SSSR count). The van der Waals surface area contributed by atoms with Gasteiger partial charge in [0.25, 0.3) is 11.8 Å². The molecular weight excluding hydrogens is 440 g/mol. The molecule has 1 saturated heterocycles. The van der Waals surface area contributed by atoms with Gasteiger partial charge in [-0.1, -0.05) is 48.5 Å². The number of carbonyl (C=O) groups is 2. The smallest absolute Gasteiger partial charge is 0.265 e. The number of amides is 2. The Morgan fingerprint density at radius 2 is 1.66 bits per heavy atom. The van der Waals surface area contributed by atoms with Crippen molar-refractivity contribution in [2.24, 2.45) is 0 Å². The minimum absolute atomic E-state index is 0.214. The molecule has 2 aliphatic heterocycles. The van der Waals surface area contributed by atoms with Gasteiger partial charge in [0.05, 0.1) is 11.3 Å². The minimum atomic E-state index is -0.639. The molecule has 0 saturated carbocycles. The summed E-state index contributed by atoms with van der Waals surface area (Å²) in [6.45, 7) is 6.92. The molecule has 0 aromatic heterocycles. The van der Waals surface area contributed by atoms with Gasteiger partial charge in [0, 0.05) is 45.0 Å². The molecule has 7 nitrogen and oxygen atoms in total. The number of ether oxygens (including phenoxy) is 1. The molecule has 180 valence electrons. The van der Waals surface area contributed by atoms with Crippen LogP contribution in [0.4, 0.5) is 11.4 Å². The Labute approximate surface area is 205 Å². The second-order valence-electron chi connectivity index (χ2n) is 8.98. The average Bonchev–Trinajstić information content (AvgIpc) is 2.89. The third-order valence-electron chi connectivity index (χ3n) is 6.63. The van der Waals surface area contributed by atoms with E-state index < -0.39 is 6.10 Å². The molecule has 1 unspecified atom stereocenters. The summed E-state index contributed by atoms with van der Waals surface area (Å²) in [5, 5.41) is 5.83. The Morgan fingerprint density at radius 1 is 0.943 bits per heavy atom. The van der Waals surface area contributed by atoms with E-state index in [0.29, 0.717) is 23.5 Å². The number of hydrogen-bond acceptors (Lipinski definition) is 5. The first-order valence-electron chi connectivity index (χ1n) is 12.1. The quantitative estimate of drug-likeness (QED) is 0.575. The monoisotopic (exact) mass is 470 g/mol. The number of fused-ring (bicyclic) bond motifs is 1. The van der Waals surface area contributed by atoms with Crippen LogP contribution in [0.2, 0.25) is 0 Å². The van der Waals surface area contributed by atoms with Crippen LogP contribution < -0.4 is 20.3 Å². The first-order chi connectivity index (χ1) is 17.1. The van der Waals surface area contributed by atoms with Gasteiger partial charge in [-0.3, -0.25) is 14.5 Å². The van der Waals surface area contributed by atoms with Crippen molar-refractivity contribution in [1.29, 1.82) is 0 Å². The highest BCUT2D eigenvalue weighted by Crippen LogP contribution is 2.33. The molecule has 2 amide bonds. The van der Waals surface area contributed by atoms with Crippen LogP contribution in [0.1, 0.15) is 28.4 Å². The van der Waals surface area contributed by atoms with E-state index in [2.05, 4.69) is 56.8 Å². The molecule has 0 aliphatic carbocycles. The van der Waals surface area contributed by atoms with Crippen molar-refractivity contribution < 1.29 is 14.3 Å². The van der Waals surface area contributed by atoms with Gasteiger partial charge in [-0.2, -0.15) is 0 Å². The van der Waals surface area contributed by atoms with E-state index in [-0.39, 0.29) is 11.8 Å². The number of carbonyl (C=O) groups excluding carboxylic acids is 2. The number of para-hydroxylation sites is 2. The Hall–Kier alpha value is -3.84. The van der Waals surface area contributed by atoms with Gasteiger partial charge in [0.15, 0.2) is 11.9 Å². The van der Waals surface area contributed by atoms with Crippen LogP contribution in [0.15, 0.2) is 72.8 Å². The third-order valence-corrected chi connectivity index (χ3v) is 6.63. The molecule has 0 radical (unpaired) electrons. The lowest BCUT2D eigenvalue weighted by Gasteiger charge is -2.36. The Balaban J connectivity index is 1.21. The highest BCUT2D eigenvalue weighted by molar-refractivity contribution is 6.03. The molecule has 0 bridgehead atoms. The molecule has 1 atom stereocenters. The maximum Gasteiger partial charge on any atom is 0.265 e. The molecular formula is C28H30N4O3. The lowest BCUT2D eigenvalue weighted by Crippen LogP contribution is -2.46. The highest BCUT2D eigenvalue weighted by Gasteiger charge is 2.27. The molecule has 0 spiro atoms. The van der Waals surface area contributed by atoms with Crippen molar-refractivity contribution >= 4 is 23.2 Å². The van der Waals surface area contributed by atoms with Crippen LogP contribution in [0, 0.1) is 0 Å². The number of hydrogen-bond donors (Lipinski definition) is 2. The van der Waals surface area contributed by atoms with E-state index in [0.717, 1.165) is 38.3 Å². The standard InChI is InChI=1S/C28H30N4O3/c1-20-27(33)30-25-13-7-12-24(26(25)35-20)28(34)29-18-21-8-5-6-9-22(21)19-31-14-16-32(17-15-31)23-10-3-2-4-11-23/h2-13,20H,14-19H2,1H3,(H,29,34)(H,30,33). The summed E-state index contributed by atoms with van der Waals surface area (Å²) < 4.78 is 5.73. The Morgan fingerprint density at radius 3 is 2.43 bits per heavy atom. The maximum atomic E-state index is 13.0. The number of piperazine rings is 1. The normalized spacial score (nSPS) is 17.8. The van der Waals surface area contributed by atoms with Crippen LogP contribution >= 0.6 is 0 Å². The summed E-state index contributed by atoms with van der Waals surface area (Å²) >= 11 is 0. The van der Waals surface area contributed by atoms with Crippen molar-refractivity contribution in [1.82, 2.24) is 10.2 Å². The minimum Gasteiger partial charge on any atom is -0.478 e.